The molecule has 0 amide bonds. The standard InChI is InChI=1S/C28H35N7O2S/c1-34(2)17-32-26-20(15-29)23-22(38-26)9-5-12-28(23)11-4-8-19(25(28)30)24(36)21-10-13-31-27(33-21)37-16-18-7-6-14-35(18)3/h10,13,17-18H,4-9,11-12,14,16,30H2,1-3H3/b32-17+/t18-,28-/m0/s1. The largest absolute Gasteiger partial charge is 0.462 e. The van der Waals surface area contributed by atoms with E-state index in [0.29, 0.717) is 46.6 Å². The third kappa shape index (κ3) is 4.81. The highest BCUT2D eigenvalue weighted by atomic mass is 32.1. The van der Waals surface area contributed by atoms with Crippen LogP contribution in [0.1, 0.15) is 71.4 Å². The molecule has 2 atom stereocenters. The molecule has 0 radical (unpaired) electrons. The molecule has 1 fully saturated rings. The van der Waals surface area contributed by atoms with Gasteiger partial charge in [0.25, 0.3) is 0 Å². The van der Waals surface area contributed by atoms with Crippen LogP contribution in [0.15, 0.2) is 28.5 Å². The number of aromatic nitrogens is 2. The molecule has 2 N–H and O–H groups in total. The molecule has 38 heavy (non-hydrogen) atoms. The quantitative estimate of drug-likeness (QED) is 0.323. The van der Waals surface area contributed by atoms with Crippen molar-refractivity contribution in [3.05, 3.63) is 45.2 Å². The van der Waals surface area contributed by atoms with Gasteiger partial charge in [-0.3, -0.25) is 4.79 Å². The predicted octanol–water partition coefficient (Wildman–Crippen LogP) is 3.96. The van der Waals surface area contributed by atoms with E-state index in [2.05, 4.69) is 33.0 Å². The van der Waals surface area contributed by atoms with Crippen LogP contribution in [0.4, 0.5) is 5.00 Å². The van der Waals surface area contributed by atoms with Crippen LogP contribution in [-0.2, 0) is 11.8 Å². The number of hydrogen-bond acceptors (Lipinski definition) is 9. The lowest BCUT2D eigenvalue weighted by Gasteiger charge is -2.42. The third-order valence-electron chi connectivity index (χ3n) is 8.05. The second kappa shape index (κ2) is 10.8. The van der Waals surface area contributed by atoms with Crippen LogP contribution >= 0.6 is 11.3 Å². The molecular weight excluding hydrogens is 498 g/mol. The summed E-state index contributed by atoms with van der Waals surface area (Å²) in [5, 5.41) is 10.9. The first-order chi connectivity index (χ1) is 18.3. The fourth-order valence-electron chi connectivity index (χ4n) is 6.12. The summed E-state index contributed by atoms with van der Waals surface area (Å²) in [6, 6.07) is 4.60. The number of nitrogens with two attached hydrogens (primary N) is 1. The lowest BCUT2D eigenvalue weighted by molar-refractivity contribution is 0.101. The molecule has 1 spiro atoms. The molecule has 3 aliphatic rings. The van der Waals surface area contributed by atoms with E-state index >= 15 is 0 Å². The van der Waals surface area contributed by atoms with Crippen LogP contribution in [0.5, 0.6) is 6.01 Å². The van der Waals surface area contributed by atoms with Gasteiger partial charge < -0.3 is 20.3 Å². The first-order valence-corrected chi connectivity index (χ1v) is 14.1. The Kier molecular flexibility index (Phi) is 7.50. The Morgan fingerprint density at radius 1 is 1.37 bits per heavy atom. The fraction of sp³-hybridized carbons (Fsp3) is 0.536. The predicted molar refractivity (Wildman–Crippen MR) is 148 cm³/mol. The number of nitrogens with zero attached hydrogens (tertiary/aromatic N) is 6. The minimum Gasteiger partial charge on any atom is -0.462 e. The number of thiophene rings is 1. The number of aliphatic imine (C=N–C) groups is 1. The number of fused-ring (bicyclic) bond motifs is 2. The number of nitriles is 1. The minimum atomic E-state index is -0.524. The molecule has 0 saturated carbocycles. The molecule has 2 aromatic heterocycles. The molecule has 5 rings (SSSR count). The second-order valence-corrected chi connectivity index (χ2v) is 11.8. The molecule has 10 heteroatoms. The van der Waals surface area contributed by atoms with Crippen molar-refractivity contribution in [3.8, 4) is 12.1 Å². The van der Waals surface area contributed by atoms with Crippen molar-refractivity contribution in [1.82, 2.24) is 19.8 Å². The van der Waals surface area contributed by atoms with Gasteiger partial charge in [-0.2, -0.15) is 10.2 Å². The van der Waals surface area contributed by atoms with E-state index in [0.717, 1.165) is 61.9 Å². The van der Waals surface area contributed by atoms with Gasteiger partial charge in [-0.05, 0) is 76.6 Å². The number of hydrogen-bond donors (Lipinski definition) is 1. The number of carbonyl (C=O) groups excluding carboxylic acids is 1. The lowest BCUT2D eigenvalue weighted by Crippen LogP contribution is -2.40. The van der Waals surface area contributed by atoms with Crippen molar-refractivity contribution in [3.63, 3.8) is 0 Å². The van der Waals surface area contributed by atoms with E-state index in [1.807, 2.05) is 19.0 Å². The number of allylic oxidation sites excluding steroid dienone is 2. The molecule has 200 valence electrons. The van der Waals surface area contributed by atoms with Crippen LogP contribution in [0, 0.1) is 11.3 Å². The zero-order chi connectivity index (χ0) is 26.9. The monoisotopic (exact) mass is 533 g/mol. The number of carbonyl (C=O) groups is 1. The molecule has 2 aromatic rings. The summed E-state index contributed by atoms with van der Waals surface area (Å²) < 4.78 is 5.88. The van der Waals surface area contributed by atoms with Gasteiger partial charge in [0.1, 0.15) is 23.4 Å². The van der Waals surface area contributed by atoms with E-state index in [9.17, 15) is 10.1 Å². The molecule has 9 nitrogen and oxygen atoms in total. The number of rotatable bonds is 7. The van der Waals surface area contributed by atoms with Crippen molar-refractivity contribution in [2.75, 3.05) is 34.3 Å². The number of aryl methyl sites for hydroxylation is 1. The van der Waals surface area contributed by atoms with Gasteiger partial charge >= 0.3 is 6.01 Å². The topological polar surface area (TPSA) is 121 Å². The summed E-state index contributed by atoms with van der Waals surface area (Å²) in [7, 11) is 5.90. The van der Waals surface area contributed by atoms with Crippen LogP contribution in [0.2, 0.25) is 0 Å². The maximum Gasteiger partial charge on any atom is 0.317 e. The highest BCUT2D eigenvalue weighted by Crippen LogP contribution is 2.54. The Morgan fingerprint density at radius 3 is 2.87 bits per heavy atom. The van der Waals surface area contributed by atoms with Crippen LogP contribution in [0.3, 0.4) is 0 Å². The Morgan fingerprint density at radius 2 is 2.16 bits per heavy atom. The van der Waals surface area contributed by atoms with E-state index in [1.54, 1.807) is 29.9 Å². The Balaban J connectivity index is 1.47. The number of ether oxygens (including phenoxy) is 1. The third-order valence-corrected chi connectivity index (χ3v) is 9.21. The van der Waals surface area contributed by atoms with Gasteiger partial charge in [0.15, 0.2) is 0 Å². The van der Waals surface area contributed by atoms with Crippen LogP contribution in [-0.4, -0.2) is 72.2 Å². The zero-order valence-corrected chi connectivity index (χ0v) is 23.2. The van der Waals surface area contributed by atoms with Crippen molar-refractivity contribution in [1.29, 1.82) is 5.26 Å². The van der Waals surface area contributed by atoms with Crippen molar-refractivity contribution in [2.24, 2.45) is 10.7 Å². The smallest absolute Gasteiger partial charge is 0.317 e. The highest BCUT2D eigenvalue weighted by Gasteiger charge is 2.46. The van der Waals surface area contributed by atoms with Crippen molar-refractivity contribution < 1.29 is 9.53 Å². The fourth-order valence-corrected chi connectivity index (χ4v) is 7.35. The van der Waals surface area contributed by atoms with Gasteiger partial charge in [0, 0.05) is 47.9 Å². The van der Waals surface area contributed by atoms with E-state index < -0.39 is 5.41 Å². The Labute approximate surface area is 228 Å². The second-order valence-electron chi connectivity index (χ2n) is 10.7. The lowest BCUT2D eigenvalue weighted by atomic mass is 9.62. The molecule has 1 saturated heterocycles. The molecule has 1 aliphatic heterocycles. The summed E-state index contributed by atoms with van der Waals surface area (Å²) in [6.45, 7) is 1.56. The number of ketones is 1. The average Bonchev–Trinajstić information content (AvgIpc) is 3.50. The Hall–Kier alpha value is -3.29. The van der Waals surface area contributed by atoms with E-state index in [1.165, 1.54) is 0 Å². The first-order valence-electron chi connectivity index (χ1n) is 13.3. The SMILES string of the molecule is CN(C)/C=N/c1sc2c(c1C#N)[C@]1(CCCC(C(=O)c3ccnc(OC[C@@H]4CCCN4C)n3)=C1N)CCC2. The molecule has 0 bridgehead atoms. The molecule has 3 heterocycles. The summed E-state index contributed by atoms with van der Waals surface area (Å²) >= 11 is 1.57. The molecule has 0 aromatic carbocycles. The normalized spacial score (nSPS) is 23.6. The van der Waals surface area contributed by atoms with Crippen molar-refractivity contribution in [2.45, 2.75) is 62.8 Å². The maximum absolute atomic E-state index is 13.8. The summed E-state index contributed by atoms with van der Waals surface area (Å²) in [5.74, 6) is -0.182. The van der Waals surface area contributed by atoms with Crippen LogP contribution in [0.25, 0.3) is 0 Å². The van der Waals surface area contributed by atoms with E-state index in [-0.39, 0.29) is 11.8 Å². The van der Waals surface area contributed by atoms with Gasteiger partial charge in [-0.15, -0.1) is 11.3 Å². The average molecular weight is 534 g/mol. The zero-order valence-electron chi connectivity index (χ0n) is 22.4. The van der Waals surface area contributed by atoms with Gasteiger partial charge in [0.2, 0.25) is 5.78 Å². The van der Waals surface area contributed by atoms with Gasteiger partial charge in [0.05, 0.1) is 11.9 Å². The molecule has 2 aliphatic carbocycles. The summed E-state index contributed by atoms with van der Waals surface area (Å²) in [4.78, 5) is 32.3. The van der Waals surface area contributed by atoms with Crippen LogP contribution < -0.4 is 10.5 Å². The number of Topliss-reactive ketones (excluding diaryl/α,β-unsaturated/α-hetero) is 1. The van der Waals surface area contributed by atoms with E-state index in [4.69, 9.17) is 10.5 Å². The summed E-state index contributed by atoms with van der Waals surface area (Å²) in [6.07, 6.45) is 10.4. The molecular formula is C28H35N7O2S. The number of likely N-dealkylation sites (tertiary alicyclic amines) is 1. The summed E-state index contributed by atoms with van der Waals surface area (Å²) in [5.41, 5.74) is 9.44. The van der Waals surface area contributed by atoms with Crippen molar-refractivity contribution >= 4 is 28.5 Å². The minimum absolute atomic E-state index is 0.182. The first kappa shape index (κ1) is 26.3. The van der Waals surface area contributed by atoms with Gasteiger partial charge in [-0.25, -0.2) is 9.98 Å². The Bertz CT molecular complexity index is 1320. The maximum atomic E-state index is 13.8. The molecule has 0 unspecified atom stereocenters. The number of likely N-dealkylation sites (N-methyl/N-ethyl adjacent to an activating group) is 1. The highest BCUT2D eigenvalue weighted by molar-refractivity contribution is 7.16. The van der Waals surface area contributed by atoms with Gasteiger partial charge in [-0.1, -0.05) is 0 Å².